The first-order valence-electron chi connectivity index (χ1n) is 8.38. The second kappa shape index (κ2) is 6.10. The molecule has 0 spiro atoms. The van der Waals surface area contributed by atoms with Gasteiger partial charge in [-0.05, 0) is 35.9 Å². The van der Waals surface area contributed by atoms with Crippen LogP contribution in [-0.2, 0) is 0 Å². The Balaban J connectivity index is 1.58. The Bertz CT molecular complexity index is 1210. The number of aromatic nitrogens is 8. The number of tetrazole rings is 1. The molecule has 5 aromatic rings. The third kappa shape index (κ3) is 2.73. The van der Waals surface area contributed by atoms with Gasteiger partial charge < -0.3 is 0 Å². The van der Waals surface area contributed by atoms with E-state index in [1.165, 1.54) is 5.56 Å². The monoisotopic (exact) mass is 354 g/mol. The molecule has 8 heteroatoms. The normalized spacial score (nSPS) is 11.1. The summed E-state index contributed by atoms with van der Waals surface area (Å²) in [6.07, 6.45) is 3.35. The first-order chi connectivity index (χ1) is 13.3. The third-order valence-electron chi connectivity index (χ3n) is 4.50. The lowest BCUT2D eigenvalue weighted by atomic mass is 10.0. The summed E-state index contributed by atoms with van der Waals surface area (Å²) in [4.78, 5) is 4.87. The van der Waals surface area contributed by atoms with E-state index < -0.39 is 0 Å². The van der Waals surface area contributed by atoms with Crippen molar-refractivity contribution >= 4 is 10.9 Å². The quantitative estimate of drug-likeness (QED) is 0.535. The van der Waals surface area contributed by atoms with Crippen molar-refractivity contribution in [2.45, 2.75) is 6.92 Å². The predicted molar refractivity (Wildman–Crippen MR) is 100 cm³/mol. The number of H-pyrrole nitrogens is 1. The summed E-state index contributed by atoms with van der Waals surface area (Å²) in [6, 6.07) is 16.2. The van der Waals surface area contributed by atoms with Crippen molar-refractivity contribution in [1.29, 1.82) is 0 Å². The number of fused-ring (bicyclic) bond motifs is 1. The standard InChI is InChI=1S/C19H14N8/c1-12-8-17(13-2-4-14(5-3-13)19-23-25-26-24-19)22-18-9-15(6-7-16(12)18)27-10-20-21-11-27/h2-11H,1H3,(H,23,24,25,26). The number of nitrogens with zero attached hydrogens (tertiary/aromatic N) is 7. The molecule has 5 rings (SSSR count). The maximum atomic E-state index is 4.87. The lowest BCUT2D eigenvalue weighted by Gasteiger charge is -2.09. The van der Waals surface area contributed by atoms with E-state index in [1.54, 1.807) is 12.7 Å². The van der Waals surface area contributed by atoms with E-state index in [0.717, 1.165) is 33.4 Å². The van der Waals surface area contributed by atoms with E-state index in [0.29, 0.717) is 5.82 Å². The highest BCUT2D eigenvalue weighted by atomic mass is 15.5. The average Bonchev–Trinajstić information content (AvgIpc) is 3.42. The minimum Gasteiger partial charge on any atom is -0.288 e. The number of pyridine rings is 1. The molecule has 0 aliphatic heterocycles. The topological polar surface area (TPSA) is 98.1 Å². The maximum absolute atomic E-state index is 4.87. The third-order valence-corrected chi connectivity index (χ3v) is 4.50. The molecule has 0 fully saturated rings. The maximum Gasteiger partial charge on any atom is 0.204 e. The van der Waals surface area contributed by atoms with Crippen LogP contribution >= 0.6 is 0 Å². The van der Waals surface area contributed by atoms with E-state index in [2.05, 4.69) is 49.9 Å². The SMILES string of the molecule is Cc1cc(-c2ccc(-c3nn[nH]n3)cc2)nc2cc(-n3cnnc3)ccc12. The van der Waals surface area contributed by atoms with Gasteiger partial charge in [0.25, 0.3) is 0 Å². The molecule has 1 N–H and O–H groups in total. The van der Waals surface area contributed by atoms with E-state index in [4.69, 9.17) is 4.98 Å². The number of nitrogens with one attached hydrogen (secondary N) is 1. The molecule has 0 atom stereocenters. The molecule has 130 valence electrons. The summed E-state index contributed by atoms with van der Waals surface area (Å²) >= 11 is 0. The first-order valence-corrected chi connectivity index (χ1v) is 8.38. The molecular formula is C19H14N8. The molecule has 0 bridgehead atoms. The van der Waals surface area contributed by atoms with Gasteiger partial charge in [-0.3, -0.25) is 4.57 Å². The lowest BCUT2D eigenvalue weighted by molar-refractivity contribution is 0.881. The molecule has 8 nitrogen and oxygen atoms in total. The summed E-state index contributed by atoms with van der Waals surface area (Å²) in [6.45, 7) is 2.10. The van der Waals surface area contributed by atoms with Crippen molar-refractivity contribution in [2.24, 2.45) is 0 Å². The molecule has 0 unspecified atom stereocenters. The molecule has 0 saturated heterocycles. The molecule has 0 amide bonds. The lowest BCUT2D eigenvalue weighted by Crippen LogP contribution is -1.93. The Labute approximate surface area is 153 Å². The second-order valence-corrected chi connectivity index (χ2v) is 6.21. The molecule has 0 aliphatic carbocycles. The number of aromatic amines is 1. The van der Waals surface area contributed by atoms with Gasteiger partial charge in [0.05, 0.1) is 16.9 Å². The van der Waals surface area contributed by atoms with Crippen LogP contribution in [0.3, 0.4) is 0 Å². The Kier molecular flexibility index (Phi) is 3.46. The Morgan fingerprint density at radius 2 is 1.67 bits per heavy atom. The number of hydrogen-bond donors (Lipinski definition) is 1. The number of aryl methyl sites for hydroxylation is 1. The molecule has 0 radical (unpaired) electrons. The van der Waals surface area contributed by atoms with Gasteiger partial charge in [-0.15, -0.1) is 20.4 Å². The van der Waals surface area contributed by atoms with Gasteiger partial charge >= 0.3 is 0 Å². The van der Waals surface area contributed by atoms with Crippen molar-refractivity contribution < 1.29 is 0 Å². The smallest absolute Gasteiger partial charge is 0.204 e. The van der Waals surface area contributed by atoms with E-state index in [-0.39, 0.29) is 0 Å². The van der Waals surface area contributed by atoms with Gasteiger partial charge in [-0.2, -0.15) is 5.21 Å². The fourth-order valence-electron chi connectivity index (χ4n) is 3.11. The van der Waals surface area contributed by atoms with Crippen LogP contribution in [0.2, 0.25) is 0 Å². The zero-order valence-corrected chi connectivity index (χ0v) is 14.4. The zero-order valence-electron chi connectivity index (χ0n) is 14.4. The van der Waals surface area contributed by atoms with E-state index in [9.17, 15) is 0 Å². The van der Waals surface area contributed by atoms with Gasteiger partial charge in [-0.1, -0.05) is 30.3 Å². The molecule has 0 saturated carbocycles. The van der Waals surface area contributed by atoms with Crippen LogP contribution in [0.4, 0.5) is 0 Å². The Morgan fingerprint density at radius 1 is 0.889 bits per heavy atom. The van der Waals surface area contributed by atoms with Crippen molar-refractivity contribution in [2.75, 3.05) is 0 Å². The highest BCUT2D eigenvalue weighted by Crippen LogP contribution is 2.27. The fourth-order valence-corrected chi connectivity index (χ4v) is 3.11. The van der Waals surface area contributed by atoms with Crippen LogP contribution in [0.15, 0.2) is 61.2 Å². The van der Waals surface area contributed by atoms with Crippen molar-refractivity contribution in [1.82, 2.24) is 40.4 Å². The highest BCUT2D eigenvalue weighted by molar-refractivity contribution is 5.86. The molecule has 3 aromatic heterocycles. The van der Waals surface area contributed by atoms with Crippen LogP contribution in [0, 0.1) is 6.92 Å². The van der Waals surface area contributed by atoms with E-state index >= 15 is 0 Å². The Hall–Kier alpha value is -3.94. The largest absolute Gasteiger partial charge is 0.288 e. The van der Waals surface area contributed by atoms with Crippen LogP contribution in [0.1, 0.15) is 5.56 Å². The molecule has 2 aromatic carbocycles. The predicted octanol–water partition coefficient (Wildman–Crippen LogP) is 2.97. The molecule has 3 heterocycles. The summed E-state index contributed by atoms with van der Waals surface area (Å²) in [7, 11) is 0. The first kappa shape index (κ1) is 15.3. The number of benzene rings is 2. The average molecular weight is 354 g/mol. The van der Waals surface area contributed by atoms with Gasteiger partial charge in [0, 0.05) is 16.5 Å². The van der Waals surface area contributed by atoms with Crippen LogP contribution in [-0.4, -0.2) is 40.4 Å². The molecule has 27 heavy (non-hydrogen) atoms. The minimum absolute atomic E-state index is 0.572. The minimum atomic E-state index is 0.572. The van der Waals surface area contributed by atoms with Crippen LogP contribution in [0.5, 0.6) is 0 Å². The van der Waals surface area contributed by atoms with Crippen LogP contribution in [0.25, 0.3) is 39.2 Å². The molecule has 0 aliphatic rings. The number of rotatable bonds is 3. The van der Waals surface area contributed by atoms with Gasteiger partial charge in [0.15, 0.2) is 0 Å². The highest BCUT2D eigenvalue weighted by Gasteiger charge is 2.08. The van der Waals surface area contributed by atoms with Crippen molar-refractivity contribution in [3.05, 3.63) is 66.7 Å². The van der Waals surface area contributed by atoms with Gasteiger partial charge in [0.2, 0.25) is 5.82 Å². The van der Waals surface area contributed by atoms with Crippen LogP contribution < -0.4 is 0 Å². The summed E-state index contributed by atoms with van der Waals surface area (Å²) in [5, 5.41) is 22.9. The summed E-state index contributed by atoms with van der Waals surface area (Å²) < 4.78 is 1.86. The second-order valence-electron chi connectivity index (χ2n) is 6.21. The fraction of sp³-hybridized carbons (Fsp3) is 0.0526. The van der Waals surface area contributed by atoms with Crippen molar-refractivity contribution in [3.8, 4) is 28.3 Å². The number of hydrogen-bond acceptors (Lipinski definition) is 6. The summed E-state index contributed by atoms with van der Waals surface area (Å²) in [5.41, 5.74) is 5.93. The van der Waals surface area contributed by atoms with Crippen molar-refractivity contribution in [3.63, 3.8) is 0 Å². The van der Waals surface area contributed by atoms with Gasteiger partial charge in [0.1, 0.15) is 12.7 Å². The van der Waals surface area contributed by atoms with Gasteiger partial charge in [-0.25, -0.2) is 4.98 Å². The zero-order chi connectivity index (χ0) is 18.2. The molecular weight excluding hydrogens is 340 g/mol. The Morgan fingerprint density at radius 3 is 2.41 bits per heavy atom. The van der Waals surface area contributed by atoms with E-state index in [1.807, 2.05) is 41.0 Å². The summed E-state index contributed by atoms with van der Waals surface area (Å²) in [5.74, 6) is 0.572.